The number of hydrogen-bond acceptors (Lipinski definition) is 9. The average molecular weight is 528 g/mol. The maximum absolute atomic E-state index is 12.9. The highest BCUT2D eigenvalue weighted by atomic mass is 35.5. The van der Waals surface area contributed by atoms with Gasteiger partial charge in [-0.05, 0) is 25.3 Å². The van der Waals surface area contributed by atoms with E-state index >= 15 is 0 Å². The van der Waals surface area contributed by atoms with Crippen molar-refractivity contribution in [3.63, 3.8) is 0 Å². The molecule has 0 spiro atoms. The molecule has 2 atom stereocenters. The predicted octanol–water partition coefficient (Wildman–Crippen LogP) is -0.142. The molecule has 0 aliphatic carbocycles. The Morgan fingerprint density at radius 2 is 1.89 bits per heavy atom. The molecule has 36 heavy (non-hydrogen) atoms. The monoisotopic (exact) mass is 527 g/mol. The highest BCUT2D eigenvalue weighted by molar-refractivity contribution is 6.33. The second kappa shape index (κ2) is 13.0. The molecule has 3 heterocycles. The zero-order chi connectivity index (χ0) is 26.2. The lowest BCUT2D eigenvalue weighted by Gasteiger charge is -2.39. The summed E-state index contributed by atoms with van der Waals surface area (Å²) in [6.45, 7) is 2.82. The van der Waals surface area contributed by atoms with E-state index in [-0.39, 0.29) is 59.5 Å². The number of carbonyl (C=O) groups is 3. The highest BCUT2D eigenvalue weighted by Gasteiger charge is 2.34. The molecule has 2 fully saturated rings. The van der Waals surface area contributed by atoms with Gasteiger partial charge in [-0.25, -0.2) is 0 Å². The van der Waals surface area contributed by atoms with Gasteiger partial charge in [0.1, 0.15) is 18.0 Å². The number of nitrogens with two attached hydrogens (primary N) is 1. The number of likely N-dealkylation sites (tertiary alicyclic amines) is 2. The van der Waals surface area contributed by atoms with Crippen molar-refractivity contribution < 1.29 is 28.6 Å². The van der Waals surface area contributed by atoms with Crippen LogP contribution in [0.1, 0.15) is 29.6 Å². The van der Waals surface area contributed by atoms with Gasteiger partial charge in [-0.1, -0.05) is 11.6 Å². The summed E-state index contributed by atoms with van der Waals surface area (Å²) < 4.78 is 15.7. The van der Waals surface area contributed by atoms with Crippen LogP contribution in [0.4, 0.5) is 5.82 Å². The molecule has 1 aromatic heterocycles. The maximum Gasteiger partial charge on any atom is 0.309 e. The number of ether oxygens (including phenoxy) is 3. The lowest BCUT2D eigenvalue weighted by molar-refractivity contribution is -0.153. The first-order valence-corrected chi connectivity index (χ1v) is 12.3. The summed E-state index contributed by atoms with van der Waals surface area (Å²) in [7, 11) is 3.09. The summed E-state index contributed by atoms with van der Waals surface area (Å²) >= 11 is 5.94. The Balaban J connectivity index is 1.47. The highest BCUT2D eigenvalue weighted by Crippen LogP contribution is 2.20. The fraction of sp³-hybridized carbons (Fsp3) is 0.652. The van der Waals surface area contributed by atoms with Crippen molar-refractivity contribution in [2.24, 2.45) is 5.92 Å². The standard InChI is InChI=1S/C23H34ClN5O7/c1-34-9-10-36-23(33)14-3-7-29(8-4-14)19(30)13-28-6-5-17(18(12-28)35-2)26-21(31)15-11-16(24)20(25)27-22(15)32/h11,14,17-18H,3-10,12-13H2,1-2H3,(H,26,31)(H3,25,27,32)/t17-,18+/m1/s1. The fourth-order valence-corrected chi connectivity index (χ4v) is 4.62. The van der Waals surface area contributed by atoms with Gasteiger partial charge in [0.2, 0.25) is 5.91 Å². The first-order valence-electron chi connectivity index (χ1n) is 11.9. The van der Waals surface area contributed by atoms with Crippen LogP contribution in [0.15, 0.2) is 10.9 Å². The number of nitrogen functional groups attached to an aromatic ring is 1. The van der Waals surface area contributed by atoms with Gasteiger partial charge in [0, 0.05) is 40.4 Å². The Morgan fingerprint density at radius 1 is 1.17 bits per heavy atom. The average Bonchev–Trinajstić information content (AvgIpc) is 2.87. The molecule has 1 aromatic rings. The fourth-order valence-electron chi connectivity index (χ4n) is 4.46. The maximum atomic E-state index is 12.9. The number of anilines is 1. The normalized spacial score (nSPS) is 21.2. The molecule has 2 saturated heterocycles. The van der Waals surface area contributed by atoms with Crippen molar-refractivity contribution in [1.82, 2.24) is 20.1 Å². The van der Waals surface area contributed by atoms with Crippen LogP contribution >= 0.6 is 11.6 Å². The third-order valence-electron chi connectivity index (χ3n) is 6.60. The second-order valence-corrected chi connectivity index (χ2v) is 9.37. The summed E-state index contributed by atoms with van der Waals surface area (Å²) in [5.74, 6) is -1.03. The smallest absolute Gasteiger partial charge is 0.309 e. The summed E-state index contributed by atoms with van der Waals surface area (Å²) in [6, 6.07) is 0.896. The van der Waals surface area contributed by atoms with Gasteiger partial charge < -0.3 is 35.1 Å². The van der Waals surface area contributed by atoms with E-state index in [9.17, 15) is 19.2 Å². The number of amides is 2. The van der Waals surface area contributed by atoms with Gasteiger partial charge in [-0.3, -0.25) is 24.1 Å². The van der Waals surface area contributed by atoms with E-state index in [1.165, 1.54) is 6.07 Å². The molecular weight excluding hydrogens is 494 g/mol. The molecule has 0 saturated carbocycles. The molecule has 2 aliphatic heterocycles. The number of aromatic amines is 1. The van der Waals surface area contributed by atoms with E-state index in [1.54, 1.807) is 19.1 Å². The lowest BCUT2D eigenvalue weighted by Crippen LogP contribution is -2.57. The lowest BCUT2D eigenvalue weighted by atomic mass is 9.97. The molecule has 0 aromatic carbocycles. The molecule has 0 radical (unpaired) electrons. The van der Waals surface area contributed by atoms with Crippen LogP contribution in [-0.4, -0.2) is 105 Å². The minimum atomic E-state index is -0.626. The Labute approximate surface area is 214 Å². The zero-order valence-electron chi connectivity index (χ0n) is 20.6. The number of esters is 1. The topological polar surface area (TPSA) is 156 Å². The van der Waals surface area contributed by atoms with Gasteiger partial charge in [0.15, 0.2) is 0 Å². The minimum Gasteiger partial charge on any atom is -0.463 e. The summed E-state index contributed by atoms with van der Waals surface area (Å²) in [5, 5.41) is 2.92. The Hall–Kier alpha value is -2.67. The minimum absolute atomic E-state index is 0.00260. The summed E-state index contributed by atoms with van der Waals surface area (Å²) in [5.41, 5.74) is 4.81. The first-order chi connectivity index (χ1) is 17.2. The van der Waals surface area contributed by atoms with E-state index in [2.05, 4.69) is 10.3 Å². The van der Waals surface area contributed by atoms with Crippen molar-refractivity contribution in [3.8, 4) is 0 Å². The Kier molecular flexibility index (Phi) is 10.1. The van der Waals surface area contributed by atoms with Crippen molar-refractivity contribution in [2.45, 2.75) is 31.4 Å². The number of aromatic nitrogens is 1. The van der Waals surface area contributed by atoms with Gasteiger partial charge in [0.05, 0.1) is 36.2 Å². The molecule has 0 unspecified atom stereocenters. The number of rotatable bonds is 9. The number of methoxy groups -OCH3 is 2. The third kappa shape index (κ3) is 7.19. The van der Waals surface area contributed by atoms with Crippen molar-refractivity contribution in [1.29, 1.82) is 0 Å². The van der Waals surface area contributed by atoms with Gasteiger partial charge in [-0.15, -0.1) is 0 Å². The van der Waals surface area contributed by atoms with Crippen LogP contribution in [0.5, 0.6) is 0 Å². The van der Waals surface area contributed by atoms with Crippen molar-refractivity contribution >= 4 is 35.2 Å². The van der Waals surface area contributed by atoms with Gasteiger partial charge >= 0.3 is 5.97 Å². The molecule has 2 aliphatic rings. The zero-order valence-corrected chi connectivity index (χ0v) is 21.3. The largest absolute Gasteiger partial charge is 0.463 e. The number of hydrogen-bond donors (Lipinski definition) is 3. The molecule has 200 valence electrons. The van der Waals surface area contributed by atoms with E-state index in [0.29, 0.717) is 52.0 Å². The Morgan fingerprint density at radius 3 is 2.56 bits per heavy atom. The molecule has 2 amide bonds. The van der Waals surface area contributed by atoms with Crippen LogP contribution in [0.3, 0.4) is 0 Å². The number of pyridine rings is 1. The number of nitrogens with one attached hydrogen (secondary N) is 2. The third-order valence-corrected chi connectivity index (χ3v) is 6.91. The number of nitrogens with zero attached hydrogens (tertiary/aromatic N) is 2. The molecular formula is C23H34ClN5O7. The van der Waals surface area contributed by atoms with Gasteiger partial charge in [-0.2, -0.15) is 0 Å². The van der Waals surface area contributed by atoms with E-state index in [4.69, 9.17) is 31.5 Å². The van der Waals surface area contributed by atoms with Gasteiger partial charge in [0.25, 0.3) is 11.5 Å². The predicted molar refractivity (Wildman–Crippen MR) is 132 cm³/mol. The Bertz CT molecular complexity index is 996. The van der Waals surface area contributed by atoms with E-state index in [0.717, 1.165) is 0 Å². The molecule has 4 N–H and O–H groups in total. The molecule has 0 bridgehead atoms. The van der Waals surface area contributed by atoms with Crippen LogP contribution in [0.2, 0.25) is 5.02 Å². The number of carbonyl (C=O) groups excluding carboxylic acids is 3. The van der Waals surface area contributed by atoms with Crippen molar-refractivity contribution in [2.75, 3.05) is 65.9 Å². The van der Waals surface area contributed by atoms with E-state index in [1.807, 2.05) is 4.90 Å². The van der Waals surface area contributed by atoms with Crippen molar-refractivity contribution in [3.05, 3.63) is 27.0 Å². The number of halogens is 1. The van der Waals surface area contributed by atoms with Crippen LogP contribution < -0.4 is 16.6 Å². The summed E-state index contributed by atoms with van der Waals surface area (Å²) in [4.78, 5) is 55.9. The SMILES string of the molecule is COCCOC(=O)C1CCN(C(=O)CN2CC[C@@H](NC(=O)c3cc(Cl)c(N)[nH]c3=O)[C@@H](OC)C2)CC1. The first kappa shape index (κ1) is 27.9. The van der Waals surface area contributed by atoms with Crippen LogP contribution in [0, 0.1) is 5.92 Å². The second-order valence-electron chi connectivity index (χ2n) is 8.97. The van der Waals surface area contributed by atoms with Crippen LogP contribution in [0.25, 0.3) is 0 Å². The number of piperidine rings is 2. The molecule has 3 rings (SSSR count). The van der Waals surface area contributed by atoms with Crippen LogP contribution in [-0.2, 0) is 23.8 Å². The van der Waals surface area contributed by atoms with E-state index < -0.39 is 11.5 Å². The summed E-state index contributed by atoms with van der Waals surface area (Å²) in [6.07, 6.45) is 1.31. The molecule has 12 nitrogen and oxygen atoms in total. The number of H-pyrrole nitrogens is 1. The quantitative estimate of drug-likeness (QED) is 0.293. The molecule has 13 heteroatoms.